The van der Waals surface area contributed by atoms with E-state index in [1.807, 2.05) is 24.4 Å². The maximum absolute atomic E-state index is 5.83. The minimum atomic E-state index is 0.429. The van der Waals surface area contributed by atoms with Crippen LogP contribution in [0.15, 0.2) is 47.0 Å². The number of nitrogens with one attached hydrogen (secondary N) is 1. The largest absolute Gasteiger partial charge is 0.460 e. The zero-order chi connectivity index (χ0) is 10.1. The van der Waals surface area contributed by atoms with Crippen LogP contribution in [0.4, 0.5) is 0 Å². The maximum Gasteiger partial charge on any atom is 0.134 e. The highest BCUT2D eigenvalue weighted by atomic mass is 16.3. The smallest absolute Gasteiger partial charge is 0.134 e. The lowest BCUT2D eigenvalue weighted by Gasteiger charge is -2.14. The van der Waals surface area contributed by atoms with Crippen molar-refractivity contribution in [3.63, 3.8) is 0 Å². The first-order valence-electron chi connectivity index (χ1n) is 5.32. The number of hydrogen-bond acceptors (Lipinski definition) is 2. The Morgan fingerprint density at radius 1 is 1.27 bits per heavy atom. The Balaban J connectivity index is 2.03. The molecule has 1 aromatic heterocycles. The molecule has 0 radical (unpaired) electrons. The van der Waals surface area contributed by atoms with Crippen LogP contribution in [0.1, 0.15) is 18.1 Å². The number of benzene rings is 1. The van der Waals surface area contributed by atoms with Gasteiger partial charge in [0, 0.05) is 17.8 Å². The summed E-state index contributed by atoms with van der Waals surface area (Å²) >= 11 is 0. The highest BCUT2D eigenvalue weighted by Crippen LogP contribution is 2.28. The van der Waals surface area contributed by atoms with E-state index in [0.717, 1.165) is 24.3 Å². The zero-order valence-electron chi connectivity index (χ0n) is 8.44. The van der Waals surface area contributed by atoms with Gasteiger partial charge in [0.2, 0.25) is 0 Å². The Hall–Kier alpha value is -1.70. The van der Waals surface area contributed by atoms with Crippen molar-refractivity contribution in [3.05, 3.63) is 48.4 Å². The molecule has 15 heavy (non-hydrogen) atoms. The molecular formula is C13H13NO. The van der Waals surface area contributed by atoms with Gasteiger partial charge in [-0.2, -0.15) is 0 Å². The van der Waals surface area contributed by atoms with Gasteiger partial charge in [-0.05, 0) is 24.8 Å². The van der Waals surface area contributed by atoms with Gasteiger partial charge in [0.15, 0.2) is 0 Å². The van der Waals surface area contributed by atoms with Crippen molar-refractivity contribution in [2.45, 2.75) is 12.3 Å². The number of fused-ring (bicyclic) bond motifs is 1. The van der Waals surface area contributed by atoms with E-state index in [9.17, 15) is 0 Å². The minimum absolute atomic E-state index is 0.429. The molecule has 1 atom stereocenters. The SMILES string of the molecule is C1=CC(c2cc3ccccc3o2)CCN1. The van der Waals surface area contributed by atoms with E-state index in [0.29, 0.717) is 5.92 Å². The van der Waals surface area contributed by atoms with Crippen LogP contribution in [0.2, 0.25) is 0 Å². The number of para-hydroxylation sites is 1. The second-order valence-corrected chi connectivity index (χ2v) is 3.90. The molecular weight excluding hydrogens is 186 g/mol. The Morgan fingerprint density at radius 2 is 2.20 bits per heavy atom. The second-order valence-electron chi connectivity index (χ2n) is 3.90. The van der Waals surface area contributed by atoms with Crippen LogP contribution in [-0.4, -0.2) is 6.54 Å². The van der Waals surface area contributed by atoms with Crippen molar-refractivity contribution in [2.24, 2.45) is 0 Å². The minimum Gasteiger partial charge on any atom is -0.460 e. The molecule has 1 aromatic carbocycles. The van der Waals surface area contributed by atoms with E-state index in [-0.39, 0.29) is 0 Å². The molecule has 0 saturated carbocycles. The summed E-state index contributed by atoms with van der Waals surface area (Å²) in [6.45, 7) is 1.03. The highest BCUT2D eigenvalue weighted by molar-refractivity contribution is 5.77. The van der Waals surface area contributed by atoms with E-state index < -0.39 is 0 Å². The summed E-state index contributed by atoms with van der Waals surface area (Å²) in [6.07, 6.45) is 5.29. The lowest BCUT2D eigenvalue weighted by Crippen LogP contribution is -2.15. The number of hydrogen-bond donors (Lipinski definition) is 1. The molecule has 0 bridgehead atoms. The molecule has 0 spiro atoms. The molecule has 2 nitrogen and oxygen atoms in total. The zero-order valence-corrected chi connectivity index (χ0v) is 8.44. The van der Waals surface area contributed by atoms with Gasteiger partial charge in [0.05, 0.1) is 0 Å². The Bertz CT molecular complexity index is 465. The standard InChI is InChI=1S/C13H13NO/c1-2-4-12-11(3-1)9-13(15-12)10-5-7-14-8-6-10/h1-5,7,9-10,14H,6,8H2. The number of rotatable bonds is 1. The first-order valence-corrected chi connectivity index (χ1v) is 5.32. The molecule has 1 unspecified atom stereocenters. The van der Waals surface area contributed by atoms with Crippen LogP contribution in [0.25, 0.3) is 11.0 Å². The van der Waals surface area contributed by atoms with E-state index >= 15 is 0 Å². The van der Waals surface area contributed by atoms with Crippen LogP contribution in [0.3, 0.4) is 0 Å². The van der Waals surface area contributed by atoms with Crippen molar-refractivity contribution < 1.29 is 4.42 Å². The van der Waals surface area contributed by atoms with E-state index in [4.69, 9.17) is 4.42 Å². The summed E-state index contributed by atoms with van der Waals surface area (Å²) in [5, 5.41) is 4.39. The van der Waals surface area contributed by atoms with Crippen LogP contribution < -0.4 is 5.32 Å². The Kier molecular flexibility index (Phi) is 1.98. The maximum atomic E-state index is 5.83. The fourth-order valence-electron chi connectivity index (χ4n) is 2.02. The summed E-state index contributed by atoms with van der Waals surface area (Å²) in [5.41, 5.74) is 0.986. The van der Waals surface area contributed by atoms with Crippen molar-refractivity contribution >= 4 is 11.0 Å². The third-order valence-corrected chi connectivity index (χ3v) is 2.86. The van der Waals surface area contributed by atoms with Gasteiger partial charge in [-0.3, -0.25) is 0 Å². The second kappa shape index (κ2) is 3.46. The fourth-order valence-corrected chi connectivity index (χ4v) is 2.02. The summed E-state index contributed by atoms with van der Waals surface area (Å²) in [5.74, 6) is 1.51. The van der Waals surface area contributed by atoms with Gasteiger partial charge >= 0.3 is 0 Å². The molecule has 1 N–H and O–H groups in total. The van der Waals surface area contributed by atoms with E-state index in [1.165, 1.54) is 5.39 Å². The molecule has 2 aromatic rings. The fraction of sp³-hybridized carbons (Fsp3) is 0.231. The average molecular weight is 199 g/mol. The molecule has 2 heteroatoms. The summed E-state index contributed by atoms with van der Waals surface area (Å²) in [7, 11) is 0. The van der Waals surface area contributed by atoms with Crippen molar-refractivity contribution in [1.82, 2.24) is 5.32 Å². The lowest BCUT2D eigenvalue weighted by molar-refractivity contribution is 0.498. The van der Waals surface area contributed by atoms with Gasteiger partial charge in [-0.15, -0.1) is 0 Å². The molecule has 0 amide bonds. The van der Waals surface area contributed by atoms with Crippen molar-refractivity contribution in [1.29, 1.82) is 0 Å². The van der Waals surface area contributed by atoms with Crippen LogP contribution in [-0.2, 0) is 0 Å². The van der Waals surface area contributed by atoms with Crippen LogP contribution in [0.5, 0.6) is 0 Å². The molecule has 76 valence electrons. The van der Waals surface area contributed by atoms with Crippen LogP contribution in [0, 0.1) is 0 Å². The Labute approximate surface area is 88.6 Å². The third kappa shape index (κ3) is 1.52. The van der Waals surface area contributed by atoms with Gasteiger partial charge in [0.1, 0.15) is 11.3 Å². The average Bonchev–Trinajstić information content (AvgIpc) is 2.74. The molecule has 1 aliphatic heterocycles. The first kappa shape index (κ1) is 8.60. The predicted octanol–water partition coefficient (Wildman–Crippen LogP) is 3.02. The topological polar surface area (TPSA) is 25.2 Å². The normalized spacial score (nSPS) is 20.4. The van der Waals surface area contributed by atoms with Gasteiger partial charge in [-0.1, -0.05) is 24.3 Å². The first-order chi connectivity index (χ1) is 7.43. The third-order valence-electron chi connectivity index (χ3n) is 2.86. The van der Waals surface area contributed by atoms with Gasteiger partial charge in [0.25, 0.3) is 0 Å². The molecule has 0 aliphatic carbocycles. The molecule has 3 rings (SSSR count). The highest BCUT2D eigenvalue weighted by Gasteiger charge is 2.14. The summed E-state index contributed by atoms with van der Waals surface area (Å²) in [6, 6.07) is 10.3. The molecule has 0 fully saturated rings. The monoisotopic (exact) mass is 199 g/mol. The molecule has 1 aliphatic rings. The summed E-state index contributed by atoms with van der Waals surface area (Å²) < 4.78 is 5.83. The van der Waals surface area contributed by atoms with Gasteiger partial charge in [-0.25, -0.2) is 0 Å². The summed E-state index contributed by atoms with van der Waals surface area (Å²) in [4.78, 5) is 0. The molecule has 0 saturated heterocycles. The van der Waals surface area contributed by atoms with Gasteiger partial charge < -0.3 is 9.73 Å². The number of furan rings is 1. The predicted molar refractivity (Wildman–Crippen MR) is 60.7 cm³/mol. The van der Waals surface area contributed by atoms with Crippen molar-refractivity contribution in [2.75, 3.05) is 6.54 Å². The van der Waals surface area contributed by atoms with E-state index in [2.05, 4.69) is 23.5 Å². The quantitative estimate of drug-likeness (QED) is 0.763. The van der Waals surface area contributed by atoms with Crippen molar-refractivity contribution in [3.8, 4) is 0 Å². The van der Waals surface area contributed by atoms with Crippen LogP contribution >= 0.6 is 0 Å². The number of allylic oxidation sites excluding steroid dienone is 1. The lowest BCUT2D eigenvalue weighted by atomic mass is 10.0. The van der Waals surface area contributed by atoms with E-state index in [1.54, 1.807) is 0 Å². The Morgan fingerprint density at radius 3 is 3.00 bits per heavy atom. The molecule has 2 heterocycles.